The molecule has 0 saturated carbocycles. The number of nitrogens with one attached hydrogen (secondary N) is 3. The molecule has 0 heterocycles. The van der Waals surface area contributed by atoms with Gasteiger partial charge in [0.2, 0.25) is 29.5 Å². The van der Waals surface area contributed by atoms with Gasteiger partial charge in [-0.1, -0.05) is 0 Å². The van der Waals surface area contributed by atoms with Gasteiger partial charge in [-0.05, 0) is 6.92 Å². The molecule has 0 aliphatic rings. The number of nitrogens with two attached hydrogens (primary N) is 3. The SMILES string of the molecule is CC(O)C(N)C(=O)NC(CC(N)=O)C(=O)NC(CC(N)=O)C(=O)NC(CS)C(=O)O. The lowest BCUT2D eigenvalue weighted by molar-refractivity contribution is -0.142. The van der Waals surface area contributed by atoms with E-state index in [4.69, 9.17) is 22.3 Å². The van der Waals surface area contributed by atoms with E-state index in [2.05, 4.69) is 28.6 Å². The standard InChI is InChI=1S/C15H26N6O8S/c1-5(22)11(18)14(27)20-7(3-10(17)24)12(25)19-6(2-9(16)23)13(26)21-8(4-30)15(28)29/h5-8,11,22,30H,2-4,18H2,1H3,(H2,16,23)(H2,17,24)(H,19,25)(H,20,27)(H,21,26)(H,28,29). The second-order valence-electron chi connectivity index (χ2n) is 6.31. The number of carbonyl (C=O) groups excluding carboxylic acids is 5. The summed E-state index contributed by atoms with van der Waals surface area (Å²) in [5, 5.41) is 24.6. The molecule has 5 atom stereocenters. The number of carbonyl (C=O) groups is 6. The van der Waals surface area contributed by atoms with Gasteiger partial charge >= 0.3 is 5.97 Å². The predicted octanol–water partition coefficient (Wildman–Crippen LogP) is -5.09. The number of aliphatic hydroxyl groups is 1. The van der Waals surface area contributed by atoms with Gasteiger partial charge in [0.05, 0.1) is 18.9 Å². The van der Waals surface area contributed by atoms with Crippen molar-refractivity contribution in [2.75, 3.05) is 5.75 Å². The molecular weight excluding hydrogens is 424 g/mol. The summed E-state index contributed by atoms with van der Waals surface area (Å²) in [5.41, 5.74) is 15.6. The van der Waals surface area contributed by atoms with Crippen LogP contribution in [0.4, 0.5) is 0 Å². The Balaban J connectivity index is 5.48. The second kappa shape index (κ2) is 12.6. The Morgan fingerprint density at radius 2 is 1.20 bits per heavy atom. The molecule has 0 aliphatic carbocycles. The molecule has 0 radical (unpaired) electrons. The summed E-state index contributed by atoms with van der Waals surface area (Å²) in [6.07, 6.45) is -2.67. The molecule has 5 unspecified atom stereocenters. The molecule has 15 heteroatoms. The lowest BCUT2D eigenvalue weighted by Gasteiger charge is -2.24. The van der Waals surface area contributed by atoms with E-state index in [9.17, 15) is 33.9 Å². The minimum Gasteiger partial charge on any atom is -0.480 e. The first-order chi connectivity index (χ1) is 13.8. The average Bonchev–Trinajstić information content (AvgIpc) is 2.62. The van der Waals surface area contributed by atoms with Gasteiger partial charge in [-0.2, -0.15) is 12.6 Å². The Kier molecular flexibility index (Phi) is 11.4. The quantitative estimate of drug-likeness (QED) is 0.121. The van der Waals surface area contributed by atoms with E-state index in [0.717, 1.165) is 0 Å². The number of aliphatic hydroxyl groups excluding tert-OH is 1. The lowest BCUT2D eigenvalue weighted by atomic mass is 10.1. The molecule has 0 fully saturated rings. The molecule has 0 aromatic heterocycles. The highest BCUT2D eigenvalue weighted by molar-refractivity contribution is 7.80. The summed E-state index contributed by atoms with van der Waals surface area (Å²) >= 11 is 3.78. The fourth-order valence-corrected chi connectivity index (χ4v) is 2.29. The Bertz CT molecular complexity index is 688. The van der Waals surface area contributed by atoms with Crippen LogP contribution in [0.5, 0.6) is 0 Å². The predicted molar refractivity (Wildman–Crippen MR) is 105 cm³/mol. The maximum atomic E-state index is 12.5. The Labute approximate surface area is 176 Å². The number of aliphatic carboxylic acids is 1. The topological polar surface area (TPSA) is 257 Å². The molecule has 30 heavy (non-hydrogen) atoms. The third kappa shape index (κ3) is 9.53. The number of hydrogen-bond donors (Lipinski definition) is 9. The van der Waals surface area contributed by atoms with Gasteiger partial charge in [0.1, 0.15) is 24.2 Å². The van der Waals surface area contributed by atoms with Crippen molar-refractivity contribution >= 4 is 48.1 Å². The second-order valence-corrected chi connectivity index (χ2v) is 6.68. The van der Waals surface area contributed by atoms with Gasteiger partial charge in [-0.15, -0.1) is 0 Å². The third-order valence-corrected chi connectivity index (χ3v) is 4.06. The van der Waals surface area contributed by atoms with Crippen LogP contribution in [0.1, 0.15) is 19.8 Å². The molecular formula is C15H26N6O8S. The van der Waals surface area contributed by atoms with Crippen LogP contribution in [0.2, 0.25) is 0 Å². The van der Waals surface area contributed by atoms with Gasteiger partial charge in [0, 0.05) is 5.75 Å². The molecule has 0 bridgehead atoms. The van der Waals surface area contributed by atoms with Crippen LogP contribution >= 0.6 is 12.6 Å². The van der Waals surface area contributed by atoms with Crippen LogP contribution in [0, 0.1) is 0 Å². The molecule has 0 saturated heterocycles. The molecule has 0 aromatic rings. The smallest absolute Gasteiger partial charge is 0.327 e. The number of primary amides is 2. The van der Waals surface area contributed by atoms with Crippen LogP contribution < -0.4 is 33.2 Å². The Morgan fingerprint density at radius 1 is 0.833 bits per heavy atom. The van der Waals surface area contributed by atoms with Gasteiger partial charge in [0.15, 0.2) is 0 Å². The minimum absolute atomic E-state index is 0.282. The Morgan fingerprint density at radius 3 is 1.50 bits per heavy atom. The van der Waals surface area contributed by atoms with Crippen molar-refractivity contribution in [2.45, 2.75) is 50.0 Å². The number of carboxylic acids is 1. The zero-order valence-corrected chi connectivity index (χ0v) is 16.9. The van der Waals surface area contributed by atoms with Crippen molar-refractivity contribution in [1.29, 1.82) is 0 Å². The van der Waals surface area contributed by atoms with Crippen molar-refractivity contribution in [3.8, 4) is 0 Å². The van der Waals surface area contributed by atoms with Crippen molar-refractivity contribution in [2.24, 2.45) is 17.2 Å². The van der Waals surface area contributed by atoms with E-state index in [1.807, 2.05) is 0 Å². The van der Waals surface area contributed by atoms with Gasteiger partial charge < -0.3 is 43.4 Å². The van der Waals surface area contributed by atoms with E-state index in [0.29, 0.717) is 0 Å². The van der Waals surface area contributed by atoms with Crippen molar-refractivity contribution in [3.05, 3.63) is 0 Å². The molecule has 170 valence electrons. The maximum absolute atomic E-state index is 12.5. The summed E-state index contributed by atoms with van der Waals surface area (Å²) in [7, 11) is 0. The number of thiol groups is 1. The monoisotopic (exact) mass is 450 g/mol. The summed E-state index contributed by atoms with van der Waals surface area (Å²) in [6, 6.07) is -6.06. The summed E-state index contributed by atoms with van der Waals surface area (Å²) in [4.78, 5) is 70.3. The highest BCUT2D eigenvalue weighted by atomic mass is 32.1. The lowest BCUT2D eigenvalue weighted by Crippen LogP contribution is -2.59. The van der Waals surface area contributed by atoms with Crippen LogP contribution in [-0.2, 0) is 28.8 Å². The van der Waals surface area contributed by atoms with Gasteiger partial charge in [0.25, 0.3) is 0 Å². The van der Waals surface area contributed by atoms with E-state index < -0.39 is 78.6 Å². The Hall–Kier alpha value is -2.91. The van der Waals surface area contributed by atoms with Crippen molar-refractivity contribution in [1.82, 2.24) is 16.0 Å². The number of rotatable bonds is 13. The van der Waals surface area contributed by atoms with Crippen LogP contribution in [0.15, 0.2) is 0 Å². The summed E-state index contributed by atoms with van der Waals surface area (Å²) in [6.45, 7) is 1.22. The first-order valence-electron chi connectivity index (χ1n) is 8.55. The van der Waals surface area contributed by atoms with E-state index >= 15 is 0 Å². The van der Waals surface area contributed by atoms with E-state index in [1.165, 1.54) is 6.92 Å². The van der Waals surface area contributed by atoms with Crippen LogP contribution in [-0.4, -0.2) is 81.7 Å². The third-order valence-electron chi connectivity index (χ3n) is 3.70. The van der Waals surface area contributed by atoms with Gasteiger partial charge in [-0.3, -0.25) is 24.0 Å². The normalized spacial score (nSPS) is 15.6. The average molecular weight is 450 g/mol. The highest BCUT2D eigenvalue weighted by Gasteiger charge is 2.32. The van der Waals surface area contributed by atoms with Crippen LogP contribution in [0.3, 0.4) is 0 Å². The zero-order valence-electron chi connectivity index (χ0n) is 16.0. The maximum Gasteiger partial charge on any atom is 0.327 e. The minimum atomic E-state index is -1.62. The summed E-state index contributed by atoms with van der Waals surface area (Å²) in [5.74, 6) is -6.82. The van der Waals surface area contributed by atoms with Crippen molar-refractivity contribution in [3.63, 3.8) is 0 Å². The largest absolute Gasteiger partial charge is 0.480 e. The number of hydrogen-bond acceptors (Lipinski definition) is 9. The van der Waals surface area contributed by atoms with E-state index in [-0.39, 0.29) is 5.75 Å². The first kappa shape index (κ1) is 27.1. The molecule has 5 amide bonds. The first-order valence-corrected chi connectivity index (χ1v) is 9.18. The van der Waals surface area contributed by atoms with Gasteiger partial charge in [-0.25, -0.2) is 4.79 Å². The zero-order chi connectivity index (χ0) is 23.6. The van der Waals surface area contributed by atoms with Crippen molar-refractivity contribution < 1.29 is 39.0 Å². The number of amides is 5. The molecule has 0 aromatic carbocycles. The number of carboxylic acid groups (broad SMARTS) is 1. The fourth-order valence-electron chi connectivity index (χ4n) is 2.04. The summed E-state index contributed by atoms with van der Waals surface area (Å²) < 4.78 is 0. The molecule has 14 nitrogen and oxygen atoms in total. The van der Waals surface area contributed by atoms with E-state index in [1.54, 1.807) is 0 Å². The molecule has 0 aliphatic heterocycles. The molecule has 11 N–H and O–H groups in total. The fraction of sp³-hybridized carbons (Fsp3) is 0.600. The highest BCUT2D eigenvalue weighted by Crippen LogP contribution is 2.01. The molecule has 0 rings (SSSR count). The van der Waals surface area contributed by atoms with Crippen LogP contribution in [0.25, 0.3) is 0 Å². The molecule has 0 spiro atoms.